The molecule has 2 atom stereocenters. The lowest BCUT2D eigenvalue weighted by Gasteiger charge is -2.38. The zero-order valence-electron chi connectivity index (χ0n) is 9.98. The summed E-state index contributed by atoms with van der Waals surface area (Å²) in [6.07, 6.45) is 4.55. The van der Waals surface area contributed by atoms with Gasteiger partial charge in [0.05, 0.1) is 0 Å². The molecule has 1 aliphatic rings. The maximum atomic E-state index is 11.5. The van der Waals surface area contributed by atoms with Crippen LogP contribution in [-0.2, 0) is 4.79 Å². The van der Waals surface area contributed by atoms with Gasteiger partial charge in [-0.25, -0.2) is 0 Å². The molecule has 2 unspecified atom stereocenters. The highest BCUT2D eigenvalue weighted by atomic mass is 35.5. The molecular formula is C12H22ClNO. The maximum absolute atomic E-state index is 11.5. The molecule has 1 fully saturated rings. The van der Waals surface area contributed by atoms with E-state index in [2.05, 4.69) is 19.2 Å². The molecule has 88 valence electrons. The predicted molar refractivity (Wildman–Crippen MR) is 64.1 cm³/mol. The van der Waals surface area contributed by atoms with E-state index in [-0.39, 0.29) is 22.7 Å². The third-order valence-corrected chi connectivity index (χ3v) is 3.29. The zero-order valence-corrected chi connectivity index (χ0v) is 10.7. The molecule has 1 N–H and O–H groups in total. The van der Waals surface area contributed by atoms with E-state index in [0.29, 0.717) is 6.42 Å². The fourth-order valence-corrected chi connectivity index (χ4v) is 3.09. The van der Waals surface area contributed by atoms with Crippen LogP contribution in [0.15, 0.2) is 0 Å². The second-order valence-corrected chi connectivity index (χ2v) is 6.04. The molecule has 1 aliphatic carbocycles. The molecule has 0 aromatic heterocycles. The Labute approximate surface area is 97.8 Å². The molecule has 0 aromatic carbocycles. The molecule has 0 aliphatic heterocycles. The molecule has 0 bridgehead atoms. The van der Waals surface area contributed by atoms with Gasteiger partial charge in [-0.1, -0.05) is 20.8 Å². The average molecular weight is 232 g/mol. The van der Waals surface area contributed by atoms with Gasteiger partial charge in [0, 0.05) is 17.8 Å². The summed E-state index contributed by atoms with van der Waals surface area (Å²) in [6.45, 7) is 6.47. The third-order valence-electron chi connectivity index (χ3n) is 2.96. The highest BCUT2D eigenvalue weighted by Gasteiger charge is 2.33. The summed E-state index contributed by atoms with van der Waals surface area (Å²) in [4.78, 5) is 11.5. The van der Waals surface area contributed by atoms with Crippen LogP contribution in [0.5, 0.6) is 0 Å². The number of carbonyl (C=O) groups is 1. The number of nitrogens with one attached hydrogen (secondary N) is 1. The molecule has 0 radical (unpaired) electrons. The zero-order chi connectivity index (χ0) is 11.5. The predicted octanol–water partition coefficient (Wildman–Crippen LogP) is 3.09. The molecule has 3 heteroatoms. The Balaban J connectivity index is 2.45. The van der Waals surface area contributed by atoms with Crippen molar-refractivity contribution in [1.82, 2.24) is 5.32 Å². The van der Waals surface area contributed by atoms with Crippen molar-refractivity contribution < 1.29 is 4.79 Å². The quantitative estimate of drug-likeness (QED) is 0.744. The molecular weight excluding hydrogens is 210 g/mol. The van der Waals surface area contributed by atoms with Gasteiger partial charge in [-0.3, -0.25) is 4.79 Å². The average Bonchev–Trinajstić information content (AvgIpc) is 1.99. The van der Waals surface area contributed by atoms with E-state index >= 15 is 0 Å². The van der Waals surface area contributed by atoms with Crippen molar-refractivity contribution in [3.8, 4) is 0 Å². The van der Waals surface area contributed by atoms with Crippen LogP contribution in [0.4, 0.5) is 0 Å². The molecule has 0 heterocycles. The Kier molecular flexibility index (Phi) is 4.45. The molecule has 1 saturated carbocycles. The maximum Gasteiger partial charge on any atom is 0.220 e. The van der Waals surface area contributed by atoms with Crippen molar-refractivity contribution in [3.05, 3.63) is 0 Å². The second-order valence-electron chi connectivity index (χ2n) is 5.42. The number of carbonyl (C=O) groups excluding carboxylic acids is 1. The van der Waals surface area contributed by atoms with Crippen LogP contribution in [0.1, 0.15) is 52.9 Å². The Hall–Kier alpha value is -0.240. The fraction of sp³-hybridized carbons (Fsp3) is 0.917. The number of hydrogen-bond acceptors (Lipinski definition) is 1. The van der Waals surface area contributed by atoms with Crippen LogP contribution in [0, 0.1) is 5.41 Å². The van der Waals surface area contributed by atoms with Gasteiger partial charge in [-0.2, -0.15) is 0 Å². The van der Waals surface area contributed by atoms with Crippen molar-refractivity contribution in [2.24, 2.45) is 5.41 Å². The highest BCUT2D eigenvalue weighted by molar-refractivity contribution is 6.20. The van der Waals surface area contributed by atoms with Gasteiger partial charge in [0.25, 0.3) is 0 Å². The second kappa shape index (κ2) is 5.20. The number of amides is 1. The monoisotopic (exact) mass is 231 g/mol. The van der Waals surface area contributed by atoms with E-state index in [1.807, 2.05) is 6.92 Å². The minimum absolute atomic E-state index is 0.170. The molecule has 1 rings (SSSR count). The summed E-state index contributed by atoms with van der Waals surface area (Å²) in [7, 11) is 0. The van der Waals surface area contributed by atoms with Crippen molar-refractivity contribution in [3.63, 3.8) is 0 Å². The first-order valence-corrected chi connectivity index (χ1v) is 6.30. The molecule has 15 heavy (non-hydrogen) atoms. The van der Waals surface area contributed by atoms with Crippen molar-refractivity contribution >= 4 is 17.5 Å². The summed E-state index contributed by atoms with van der Waals surface area (Å²) in [5, 5.41) is 3.29. The van der Waals surface area contributed by atoms with E-state index in [1.54, 1.807) is 0 Å². The minimum Gasteiger partial charge on any atom is -0.353 e. The Morgan fingerprint density at radius 1 is 1.47 bits per heavy atom. The lowest BCUT2D eigenvalue weighted by atomic mass is 9.75. The van der Waals surface area contributed by atoms with Gasteiger partial charge in [0.1, 0.15) is 0 Å². The number of alkyl halides is 1. The normalized spacial score (nSPS) is 29.9. The van der Waals surface area contributed by atoms with E-state index < -0.39 is 0 Å². The summed E-state index contributed by atoms with van der Waals surface area (Å²) in [6, 6.07) is 0.273. The van der Waals surface area contributed by atoms with Gasteiger partial charge in [-0.15, -0.1) is 11.6 Å². The first kappa shape index (κ1) is 12.8. The molecule has 1 amide bonds. The van der Waals surface area contributed by atoms with E-state index in [0.717, 1.165) is 25.7 Å². The van der Waals surface area contributed by atoms with Crippen LogP contribution in [0.2, 0.25) is 0 Å². The fourth-order valence-electron chi connectivity index (χ4n) is 2.46. The first-order valence-electron chi connectivity index (χ1n) is 5.86. The van der Waals surface area contributed by atoms with Crippen LogP contribution in [-0.4, -0.2) is 17.3 Å². The topological polar surface area (TPSA) is 29.1 Å². The molecule has 0 aromatic rings. The van der Waals surface area contributed by atoms with Crippen LogP contribution >= 0.6 is 11.6 Å². The van der Waals surface area contributed by atoms with Gasteiger partial charge >= 0.3 is 0 Å². The standard InChI is InChI=1S/C12H22ClNO/c1-4-5-11(15)14-10-6-9(13)7-12(2,3)8-10/h9-10H,4-8H2,1-3H3,(H,14,15). The van der Waals surface area contributed by atoms with Crippen LogP contribution in [0.3, 0.4) is 0 Å². The summed E-state index contributed by atoms with van der Waals surface area (Å²) < 4.78 is 0. The number of rotatable bonds is 3. The Morgan fingerprint density at radius 3 is 2.67 bits per heavy atom. The van der Waals surface area contributed by atoms with Crippen LogP contribution in [0.25, 0.3) is 0 Å². The number of hydrogen-bond donors (Lipinski definition) is 1. The first-order chi connectivity index (χ1) is 6.93. The van der Waals surface area contributed by atoms with E-state index in [9.17, 15) is 4.79 Å². The van der Waals surface area contributed by atoms with Gasteiger partial charge in [-0.05, 0) is 31.1 Å². The number of halogens is 1. The summed E-state index contributed by atoms with van der Waals surface area (Å²) in [5.74, 6) is 0.170. The lowest BCUT2D eigenvalue weighted by Crippen LogP contribution is -2.43. The largest absolute Gasteiger partial charge is 0.353 e. The Morgan fingerprint density at radius 2 is 2.13 bits per heavy atom. The van der Waals surface area contributed by atoms with Gasteiger partial charge < -0.3 is 5.32 Å². The third kappa shape index (κ3) is 4.42. The Bertz CT molecular complexity index is 228. The summed E-state index contributed by atoms with van der Waals surface area (Å²) in [5.41, 5.74) is 0.259. The van der Waals surface area contributed by atoms with Gasteiger partial charge in [0.2, 0.25) is 5.91 Å². The SMILES string of the molecule is CCCC(=O)NC1CC(Cl)CC(C)(C)C1. The van der Waals surface area contributed by atoms with Crippen molar-refractivity contribution in [2.75, 3.05) is 0 Å². The summed E-state index contributed by atoms with van der Waals surface area (Å²) >= 11 is 6.21. The van der Waals surface area contributed by atoms with Crippen molar-refractivity contribution in [1.29, 1.82) is 0 Å². The van der Waals surface area contributed by atoms with E-state index in [4.69, 9.17) is 11.6 Å². The smallest absolute Gasteiger partial charge is 0.220 e. The molecule has 2 nitrogen and oxygen atoms in total. The van der Waals surface area contributed by atoms with Gasteiger partial charge in [0.15, 0.2) is 0 Å². The van der Waals surface area contributed by atoms with E-state index in [1.165, 1.54) is 0 Å². The minimum atomic E-state index is 0.170. The molecule has 0 saturated heterocycles. The molecule has 0 spiro atoms. The highest BCUT2D eigenvalue weighted by Crippen LogP contribution is 2.37. The van der Waals surface area contributed by atoms with Crippen molar-refractivity contribution in [2.45, 2.75) is 64.3 Å². The lowest BCUT2D eigenvalue weighted by molar-refractivity contribution is -0.122. The van der Waals surface area contributed by atoms with Crippen LogP contribution < -0.4 is 5.32 Å².